The van der Waals surface area contributed by atoms with Crippen LogP contribution in [-0.4, -0.2) is 29.3 Å². The van der Waals surface area contributed by atoms with E-state index in [0.717, 1.165) is 16.3 Å². The molecule has 1 aliphatic heterocycles. The largest absolute Gasteiger partial charge is 0.478 e. The van der Waals surface area contributed by atoms with Crippen LogP contribution in [0.25, 0.3) is 11.3 Å². The van der Waals surface area contributed by atoms with Crippen LogP contribution in [0.15, 0.2) is 41.1 Å². The highest BCUT2D eigenvalue weighted by atomic mass is 32.1. The maximum Gasteiger partial charge on any atom is 0.268 e. The first-order valence-corrected chi connectivity index (χ1v) is 10.4. The number of thiazole rings is 1. The normalized spacial score (nSPS) is 16.1. The first-order valence-electron chi connectivity index (χ1n) is 8.68. The summed E-state index contributed by atoms with van der Waals surface area (Å²) in [6.45, 7) is 3.86. The van der Waals surface area contributed by atoms with Gasteiger partial charge >= 0.3 is 0 Å². The summed E-state index contributed by atoms with van der Waals surface area (Å²) in [5, 5.41) is 4.82. The van der Waals surface area contributed by atoms with Gasteiger partial charge in [0.2, 0.25) is 0 Å². The van der Waals surface area contributed by atoms with E-state index in [1.165, 1.54) is 11.3 Å². The van der Waals surface area contributed by atoms with Gasteiger partial charge in [0.25, 0.3) is 5.91 Å². The number of ether oxygens (including phenoxy) is 1. The maximum absolute atomic E-state index is 12.9. The van der Waals surface area contributed by atoms with Crippen LogP contribution in [0.3, 0.4) is 0 Å². The van der Waals surface area contributed by atoms with Crippen LogP contribution in [0.2, 0.25) is 0 Å². The molecule has 0 saturated carbocycles. The Kier molecular flexibility index (Phi) is 4.80. The van der Waals surface area contributed by atoms with Gasteiger partial charge in [0.05, 0.1) is 27.8 Å². The molecule has 0 saturated heterocycles. The number of aryl methyl sites for hydroxylation is 1. The van der Waals surface area contributed by atoms with Gasteiger partial charge in [0.15, 0.2) is 11.9 Å². The molecule has 4 rings (SSSR count). The van der Waals surface area contributed by atoms with Gasteiger partial charge in [0, 0.05) is 10.9 Å². The first-order chi connectivity index (χ1) is 13.1. The Labute approximate surface area is 165 Å². The Morgan fingerprint density at radius 2 is 2.15 bits per heavy atom. The molecule has 0 bridgehead atoms. The van der Waals surface area contributed by atoms with Gasteiger partial charge in [-0.05, 0) is 43.0 Å². The number of hydrogen-bond donors (Lipinski definition) is 0. The summed E-state index contributed by atoms with van der Waals surface area (Å²) in [5.41, 5.74) is 2.38. The molecule has 0 fully saturated rings. The van der Waals surface area contributed by atoms with E-state index in [-0.39, 0.29) is 18.2 Å². The lowest BCUT2D eigenvalue weighted by Gasteiger charge is -2.34. The van der Waals surface area contributed by atoms with E-state index < -0.39 is 6.10 Å². The standard InChI is InChI=1S/C20H18N2O3S2/c1-3-17-20(24)22(10-16(23)19-5-4-8-26-19)15-9-13(6-7-18(15)25-17)14-11-27-12(2)21-14/h4-9,11,17H,3,10H2,1-2H3. The molecular weight excluding hydrogens is 380 g/mol. The number of carbonyl (C=O) groups is 2. The zero-order chi connectivity index (χ0) is 19.0. The van der Waals surface area contributed by atoms with Crippen molar-refractivity contribution < 1.29 is 14.3 Å². The highest BCUT2D eigenvalue weighted by Gasteiger charge is 2.35. The first kappa shape index (κ1) is 17.9. The summed E-state index contributed by atoms with van der Waals surface area (Å²) < 4.78 is 5.87. The molecule has 3 aromatic rings. The Morgan fingerprint density at radius 3 is 2.81 bits per heavy atom. The number of nitrogens with zero attached hydrogens (tertiary/aromatic N) is 2. The Balaban J connectivity index is 1.73. The van der Waals surface area contributed by atoms with Crippen molar-refractivity contribution in [3.05, 3.63) is 51.0 Å². The Morgan fingerprint density at radius 1 is 1.30 bits per heavy atom. The predicted molar refractivity (Wildman–Crippen MR) is 108 cm³/mol. The molecule has 3 heterocycles. The number of aromatic nitrogens is 1. The van der Waals surface area contributed by atoms with Crippen molar-refractivity contribution >= 4 is 40.1 Å². The summed E-state index contributed by atoms with van der Waals surface area (Å²) >= 11 is 2.96. The van der Waals surface area contributed by atoms with Gasteiger partial charge in [-0.15, -0.1) is 22.7 Å². The molecule has 0 radical (unpaired) electrons. The van der Waals surface area contributed by atoms with Crippen molar-refractivity contribution in [2.24, 2.45) is 0 Å². The fourth-order valence-corrected chi connectivity index (χ4v) is 4.34. The van der Waals surface area contributed by atoms with E-state index in [1.54, 1.807) is 22.3 Å². The van der Waals surface area contributed by atoms with Gasteiger partial charge in [-0.2, -0.15) is 0 Å². The average Bonchev–Trinajstić information content (AvgIpc) is 3.35. The maximum atomic E-state index is 12.9. The molecule has 0 N–H and O–H groups in total. The second kappa shape index (κ2) is 7.25. The lowest BCUT2D eigenvalue weighted by atomic mass is 10.1. The molecule has 1 unspecified atom stereocenters. The molecule has 0 aliphatic carbocycles. The monoisotopic (exact) mass is 398 g/mol. The second-order valence-electron chi connectivity index (χ2n) is 6.27. The van der Waals surface area contributed by atoms with Crippen LogP contribution < -0.4 is 9.64 Å². The summed E-state index contributed by atoms with van der Waals surface area (Å²) in [7, 11) is 0. The number of carbonyl (C=O) groups excluding carboxylic acids is 2. The van der Waals surface area contributed by atoms with Gasteiger partial charge in [0.1, 0.15) is 5.75 Å². The van der Waals surface area contributed by atoms with Crippen LogP contribution in [0, 0.1) is 6.92 Å². The molecule has 7 heteroatoms. The topological polar surface area (TPSA) is 59.5 Å². The van der Waals surface area contributed by atoms with Crippen LogP contribution in [0.5, 0.6) is 5.75 Å². The van der Waals surface area contributed by atoms with Gasteiger partial charge < -0.3 is 4.74 Å². The molecular formula is C20H18N2O3S2. The SMILES string of the molecule is CCC1Oc2ccc(-c3csc(C)n3)cc2N(CC(=O)c2cccs2)C1=O. The molecule has 1 aliphatic rings. The molecule has 0 spiro atoms. The van der Waals surface area contributed by atoms with Gasteiger partial charge in [-0.1, -0.05) is 13.0 Å². The van der Waals surface area contributed by atoms with E-state index >= 15 is 0 Å². The van der Waals surface area contributed by atoms with Gasteiger partial charge in [-0.25, -0.2) is 4.98 Å². The number of anilines is 1. The zero-order valence-corrected chi connectivity index (χ0v) is 16.6. The lowest BCUT2D eigenvalue weighted by molar-refractivity contribution is -0.126. The molecule has 27 heavy (non-hydrogen) atoms. The number of ketones is 1. The molecule has 1 atom stereocenters. The highest BCUT2D eigenvalue weighted by Crippen LogP contribution is 2.38. The summed E-state index contributed by atoms with van der Waals surface area (Å²) in [5.74, 6) is 0.369. The van der Waals surface area contributed by atoms with Crippen molar-refractivity contribution in [1.82, 2.24) is 4.98 Å². The number of hydrogen-bond acceptors (Lipinski definition) is 6. The quantitative estimate of drug-likeness (QED) is 0.591. The molecule has 1 aromatic carbocycles. The van der Waals surface area contributed by atoms with Crippen molar-refractivity contribution in [2.75, 3.05) is 11.4 Å². The molecule has 5 nitrogen and oxygen atoms in total. The zero-order valence-electron chi connectivity index (χ0n) is 15.0. The number of Topliss-reactive ketones (excluding diaryl/α,β-unsaturated/α-hetero) is 1. The van der Waals surface area contributed by atoms with E-state index in [2.05, 4.69) is 4.98 Å². The van der Waals surface area contributed by atoms with E-state index in [0.29, 0.717) is 22.7 Å². The molecule has 1 amide bonds. The van der Waals surface area contributed by atoms with Crippen molar-refractivity contribution in [2.45, 2.75) is 26.4 Å². The van der Waals surface area contributed by atoms with Crippen LogP contribution in [0.1, 0.15) is 28.0 Å². The number of fused-ring (bicyclic) bond motifs is 1. The van der Waals surface area contributed by atoms with E-state index in [9.17, 15) is 9.59 Å². The Hall–Kier alpha value is -2.51. The van der Waals surface area contributed by atoms with Crippen LogP contribution in [-0.2, 0) is 4.79 Å². The summed E-state index contributed by atoms with van der Waals surface area (Å²) in [6.07, 6.45) is -0.0179. The fraction of sp³-hybridized carbons (Fsp3) is 0.250. The summed E-state index contributed by atoms with van der Waals surface area (Å²) in [4.78, 5) is 32.3. The third-order valence-corrected chi connectivity index (χ3v) is 6.13. The van der Waals surface area contributed by atoms with E-state index in [4.69, 9.17) is 4.74 Å². The van der Waals surface area contributed by atoms with Gasteiger partial charge in [-0.3, -0.25) is 14.5 Å². The second-order valence-corrected chi connectivity index (χ2v) is 8.28. The highest BCUT2D eigenvalue weighted by molar-refractivity contribution is 7.12. The number of benzene rings is 1. The predicted octanol–water partition coefficient (Wildman–Crippen LogP) is 4.57. The average molecular weight is 399 g/mol. The number of rotatable bonds is 5. The van der Waals surface area contributed by atoms with Crippen molar-refractivity contribution in [3.8, 4) is 17.0 Å². The minimum atomic E-state index is -0.569. The lowest BCUT2D eigenvalue weighted by Crippen LogP contribution is -2.47. The van der Waals surface area contributed by atoms with Crippen molar-refractivity contribution in [1.29, 1.82) is 0 Å². The van der Waals surface area contributed by atoms with E-state index in [1.807, 2.05) is 48.9 Å². The van der Waals surface area contributed by atoms with Crippen LogP contribution in [0.4, 0.5) is 5.69 Å². The smallest absolute Gasteiger partial charge is 0.268 e. The summed E-state index contributed by atoms with van der Waals surface area (Å²) in [6, 6.07) is 9.30. The third-order valence-electron chi connectivity index (χ3n) is 4.44. The number of thiophene rings is 1. The number of amides is 1. The fourth-order valence-electron chi connectivity index (χ4n) is 3.06. The molecule has 2 aromatic heterocycles. The third kappa shape index (κ3) is 3.40. The molecule has 138 valence electrons. The van der Waals surface area contributed by atoms with Crippen LogP contribution >= 0.6 is 22.7 Å². The Bertz CT molecular complexity index is 995. The minimum absolute atomic E-state index is 0.00571. The minimum Gasteiger partial charge on any atom is -0.478 e. The van der Waals surface area contributed by atoms with Crippen molar-refractivity contribution in [3.63, 3.8) is 0 Å².